The molecule has 0 fully saturated rings. The molecule has 2 aromatic carbocycles. The van der Waals surface area contributed by atoms with Gasteiger partial charge in [-0.25, -0.2) is 0 Å². The van der Waals surface area contributed by atoms with E-state index in [4.69, 9.17) is 8.92 Å². The smallest absolute Gasteiger partial charge is 0.339 e. The highest BCUT2D eigenvalue weighted by Gasteiger charge is 2.24. The molecule has 0 heterocycles. The van der Waals surface area contributed by atoms with Gasteiger partial charge >= 0.3 is 10.1 Å². The molecule has 31 heavy (non-hydrogen) atoms. The summed E-state index contributed by atoms with van der Waals surface area (Å²) in [6.45, 7) is 10.7. The number of carbonyl (C=O) groups is 1. The number of ether oxygens (including phenoxy) is 1. The van der Waals surface area contributed by atoms with Gasteiger partial charge in [-0.2, -0.15) is 8.42 Å². The van der Waals surface area contributed by atoms with E-state index in [0.717, 1.165) is 12.0 Å². The molecule has 0 N–H and O–H groups in total. The van der Waals surface area contributed by atoms with Crippen LogP contribution in [0.1, 0.15) is 53.0 Å². The molecule has 0 aromatic heterocycles. The lowest BCUT2D eigenvalue weighted by atomic mass is 9.91. The standard InChI is InChI=1S/C24H33NO5S/c1-7-18(2)25(23(26)16-24(3,4)5)17-19-8-10-21(11-9-19)30-31(27,28)22-14-12-20(29-6)13-15-22/h8-15,18H,7,16-17H2,1-6H3/t18-/m0/s1. The Kier molecular flexibility index (Phi) is 8.12. The van der Waals surface area contributed by atoms with Gasteiger partial charge in [-0.05, 0) is 60.7 Å². The maximum absolute atomic E-state index is 12.8. The van der Waals surface area contributed by atoms with Crippen LogP contribution in [0.5, 0.6) is 11.5 Å². The average molecular weight is 448 g/mol. The molecular weight excluding hydrogens is 414 g/mol. The molecule has 0 spiro atoms. The number of carbonyl (C=O) groups excluding carboxylic acids is 1. The normalized spacial score (nSPS) is 12.8. The van der Waals surface area contributed by atoms with Gasteiger partial charge < -0.3 is 13.8 Å². The van der Waals surface area contributed by atoms with Crippen LogP contribution in [0.2, 0.25) is 0 Å². The van der Waals surface area contributed by atoms with Gasteiger partial charge in [0.1, 0.15) is 16.4 Å². The fourth-order valence-corrected chi connectivity index (χ4v) is 3.96. The molecule has 170 valence electrons. The van der Waals surface area contributed by atoms with Gasteiger partial charge in [-0.15, -0.1) is 0 Å². The van der Waals surface area contributed by atoms with E-state index >= 15 is 0 Å². The summed E-state index contributed by atoms with van der Waals surface area (Å²) in [6.07, 6.45) is 1.33. The van der Waals surface area contributed by atoms with Gasteiger partial charge in [0.25, 0.3) is 0 Å². The summed E-state index contributed by atoms with van der Waals surface area (Å²) in [4.78, 5) is 14.8. The maximum Gasteiger partial charge on any atom is 0.339 e. The average Bonchev–Trinajstić information content (AvgIpc) is 2.71. The van der Waals surface area contributed by atoms with Crippen molar-refractivity contribution in [1.29, 1.82) is 0 Å². The molecule has 0 bridgehead atoms. The first kappa shape index (κ1) is 24.7. The number of nitrogens with zero attached hydrogens (tertiary/aromatic N) is 1. The van der Waals surface area contributed by atoms with Crippen molar-refractivity contribution in [3.8, 4) is 11.5 Å². The number of benzene rings is 2. The van der Waals surface area contributed by atoms with Crippen molar-refractivity contribution in [3.63, 3.8) is 0 Å². The largest absolute Gasteiger partial charge is 0.497 e. The number of hydrogen-bond donors (Lipinski definition) is 0. The van der Waals surface area contributed by atoms with Crippen LogP contribution in [0, 0.1) is 5.41 Å². The monoisotopic (exact) mass is 447 g/mol. The lowest BCUT2D eigenvalue weighted by molar-refractivity contribution is -0.135. The minimum absolute atomic E-state index is 0.0492. The summed E-state index contributed by atoms with van der Waals surface area (Å²) >= 11 is 0. The Balaban J connectivity index is 2.12. The Hall–Kier alpha value is -2.54. The third-order valence-corrected chi connectivity index (χ3v) is 6.22. The maximum atomic E-state index is 12.8. The van der Waals surface area contributed by atoms with Crippen molar-refractivity contribution in [1.82, 2.24) is 4.90 Å². The summed E-state index contributed by atoms with van der Waals surface area (Å²) < 4.78 is 35.3. The van der Waals surface area contributed by atoms with E-state index in [1.165, 1.54) is 19.2 Å². The van der Waals surface area contributed by atoms with Crippen LogP contribution in [0.3, 0.4) is 0 Å². The molecule has 6 nitrogen and oxygen atoms in total. The Bertz CT molecular complexity index is 961. The first-order chi connectivity index (χ1) is 14.4. The van der Waals surface area contributed by atoms with Crippen molar-refractivity contribution in [2.75, 3.05) is 7.11 Å². The van der Waals surface area contributed by atoms with E-state index < -0.39 is 10.1 Å². The quantitative estimate of drug-likeness (QED) is 0.504. The molecule has 0 aliphatic heterocycles. The van der Waals surface area contributed by atoms with E-state index in [1.807, 2.05) is 11.8 Å². The van der Waals surface area contributed by atoms with Crippen molar-refractivity contribution in [2.24, 2.45) is 5.41 Å². The summed E-state index contributed by atoms with van der Waals surface area (Å²) in [5.41, 5.74) is 0.827. The Morgan fingerprint density at radius 3 is 2.03 bits per heavy atom. The van der Waals surface area contributed by atoms with E-state index in [-0.39, 0.29) is 28.0 Å². The first-order valence-corrected chi connectivity index (χ1v) is 11.8. The van der Waals surface area contributed by atoms with Crippen LogP contribution < -0.4 is 8.92 Å². The lowest BCUT2D eigenvalue weighted by Crippen LogP contribution is -2.39. The fraction of sp³-hybridized carbons (Fsp3) is 0.458. The van der Waals surface area contributed by atoms with Crippen LogP contribution in [-0.2, 0) is 21.5 Å². The van der Waals surface area contributed by atoms with Gasteiger partial charge in [0.05, 0.1) is 7.11 Å². The summed E-state index contributed by atoms with van der Waals surface area (Å²) in [7, 11) is -2.43. The molecule has 1 atom stereocenters. The minimum Gasteiger partial charge on any atom is -0.497 e. The van der Waals surface area contributed by atoms with Gasteiger partial charge in [0.15, 0.2) is 0 Å². The minimum atomic E-state index is -3.95. The predicted molar refractivity (Wildman–Crippen MR) is 122 cm³/mol. The summed E-state index contributed by atoms with van der Waals surface area (Å²) in [5.74, 6) is 0.898. The van der Waals surface area contributed by atoms with Crippen molar-refractivity contribution in [2.45, 2.75) is 64.9 Å². The molecule has 1 amide bonds. The van der Waals surface area contributed by atoms with Gasteiger partial charge in [0.2, 0.25) is 5.91 Å². The van der Waals surface area contributed by atoms with Crippen LogP contribution in [-0.4, -0.2) is 32.4 Å². The predicted octanol–water partition coefficient (Wildman–Crippen LogP) is 5.03. The Morgan fingerprint density at radius 1 is 1.00 bits per heavy atom. The van der Waals surface area contributed by atoms with Crippen LogP contribution >= 0.6 is 0 Å². The van der Waals surface area contributed by atoms with Crippen LogP contribution in [0.15, 0.2) is 53.4 Å². The number of hydrogen-bond acceptors (Lipinski definition) is 5. The highest BCUT2D eigenvalue weighted by atomic mass is 32.2. The number of rotatable bonds is 9. The van der Waals surface area contributed by atoms with Gasteiger partial charge in [-0.3, -0.25) is 4.79 Å². The molecular formula is C24H33NO5S. The molecule has 2 aromatic rings. The molecule has 0 radical (unpaired) electrons. The van der Waals surface area contributed by atoms with Crippen molar-refractivity contribution < 1.29 is 22.1 Å². The molecule has 0 unspecified atom stereocenters. The lowest BCUT2D eigenvalue weighted by Gasteiger charge is -2.31. The molecule has 2 rings (SSSR count). The zero-order valence-corrected chi connectivity index (χ0v) is 20.0. The highest BCUT2D eigenvalue weighted by Crippen LogP contribution is 2.24. The SMILES string of the molecule is CC[C@H](C)N(Cc1ccc(OS(=O)(=O)c2ccc(OC)cc2)cc1)C(=O)CC(C)(C)C. The number of methoxy groups -OCH3 is 1. The third kappa shape index (κ3) is 7.28. The Morgan fingerprint density at radius 2 is 1.55 bits per heavy atom. The van der Waals surface area contributed by atoms with E-state index in [2.05, 4.69) is 27.7 Å². The van der Waals surface area contributed by atoms with Crippen LogP contribution in [0.25, 0.3) is 0 Å². The summed E-state index contributed by atoms with van der Waals surface area (Å²) in [6, 6.07) is 12.9. The van der Waals surface area contributed by atoms with Gasteiger partial charge in [0, 0.05) is 19.0 Å². The van der Waals surface area contributed by atoms with E-state index in [9.17, 15) is 13.2 Å². The topological polar surface area (TPSA) is 72.9 Å². The second kappa shape index (κ2) is 10.2. The molecule has 0 saturated heterocycles. The molecule has 7 heteroatoms. The van der Waals surface area contributed by atoms with Crippen LogP contribution in [0.4, 0.5) is 0 Å². The highest BCUT2D eigenvalue weighted by molar-refractivity contribution is 7.87. The molecule has 0 aliphatic carbocycles. The van der Waals surface area contributed by atoms with Gasteiger partial charge in [-0.1, -0.05) is 39.8 Å². The first-order valence-electron chi connectivity index (χ1n) is 10.4. The molecule has 0 aliphatic rings. The Labute approximate surface area is 186 Å². The third-order valence-electron chi connectivity index (χ3n) is 4.96. The molecule has 0 saturated carbocycles. The van der Waals surface area contributed by atoms with E-state index in [1.54, 1.807) is 36.4 Å². The van der Waals surface area contributed by atoms with Crippen molar-refractivity contribution in [3.05, 3.63) is 54.1 Å². The zero-order valence-electron chi connectivity index (χ0n) is 19.2. The second-order valence-electron chi connectivity index (χ2n) is 8.87. The fourth-order valence-electron chi connectivity index (χ4n) is 3.03. The van der Waals surface area contributed by atoms with Crippen molar-refractivity contribution >= 4 is 16.0 Å². The number of amides is 1. The zero-order chi connectivity index (χ0) is 23.2. The van der Waals surface area contributed by atoms with E-state index in [0.29, 0.717) is 18.7 Å². The second-order valence-corrected chi connectivity index (χ2v) is 10.4. The summed E-state index contributed by atoms with van der Waals surface area (Å²) in [5, 5.41) is 0.